The van der Waals surface area contributed by atoms with Crippen LogP contribution in [0.15, 0.2) is 60.7 Å². The second-order valence-corrected chi connectivity index (χ2v) is 5.62. The first-order valence-electron chi connectivity index (χ1n) is 8.21. The van der Waals surface area contributed by atoms with Crippen molar-refractivity contribution >= 4 is 23.5 Å². The summed E-state index contributed by atoms with van der Waals surface area (Å²) >= 11 is 0. The van der Waals surface area contributed by atoms with Crippen LogP contribution in [0.2, 0.25) is 0 Å². The second-order valence-electron chi connectivity index (χ2n) is 5.62. The number of rotatable bonds is 8. The Bertz CT molecular complexity index is 821. The van der Waals surface area contributed by atoms with Gasteiger partial charge in [0, 0.05) is 19.5 Å². The molecule has 0 saturated carbocycles. The lowest BCUT2D eigenvalue weighted by atomic mass is 10.2. The molecule has 0 fully saturated rings. The van der Waals surface area contributed by atoms with Crippen LogP contribution in [0.5, 0.6) is 0 Å². The van der Waals surface area contributed by atoms with Gasteiger partial charge in [-0.1, -0.05) is 54.6 Å². The van der Waals surface area contributed by atoms with Crippen LogP contribution in [-0.4, -0.2) is 22.5 Å². The van der Waals surface area contributed by atoms with Gasteiger partial charge in [-0.05, 0) is 24.1 Å². The fourth-order valence-corrected chi connectivity index (χ4v) is 2.79. The fourth-order valence-electron chi connectivity index (χ4n) is 2.79. The van der Waals surface area contributed by atoms with E-state index in [2.05, 4.69) is 40.2 Å². The molecule has 24 heavy (non-hydrogen) atoms. The molecule has 0 radical (unpaired) electrons. The predicted octanol–water partition coefficient (Wildman–Crippen LogP) is 3.43. The summed E-state index contributed by atoms with van der Waals surface area (Å²) in [6.07, 6.45) is 6.76. The normalized spacial score (nSPS) is 11.2. The molecule has 0 atom stereocenters. The molecule has 2 aromatic carbocycles. The lowest BCUT2D eigenvalue weighted by Gasteiger charge is -2.06. The summed E-state index contributed by atoms with van der Waals surface area (Å²) in [4.78, 5) is 15.1. The Morgan fingerprint density at radius 2 is 1.83 bits per heavy atom. The smallest absolute Gasteiger partial charge is 0.207 e. The topological polar surface area (TPSA) is 46.9 Å². The van der Waals surface area contributed by atoms with Crippen molar-refractivity contribution in [3.05, 3.63) is 72.1 Å². The van der Waals surface area contributed by atoms with E-state index < -0.39 is 0 Å². The zero-order valence-electron chi connectivity index (χ0n) is 13.6. The highest BCUT2D eigenvalue weighted by molar-refractivity contribution is 5.76. The third-order valence-electron chi connectivity index (χ3n) is 3.94. The summed E-state index contributed by atoms with van der Waals surface area (Å²) in [7, 11) is 0. The van der Waals surface area contributed by atoms with Gasteiger partial charge >= 0.3 is 0 Å². The fraction of sp³-hybridized carbons (Fsp3) is 0.200. The Labute approximate surface area is 141 Å². The molecular weight excluding hydrogens is 298 g/mol. The average Bonchev–Trinajstić information content (AvgIpc) is 2.97. The van der Waals surface area contributed by atoms with E-state index in [4.69, 9.17) is 4.98 Å². The number of aromatic nitrogens is 2. The molecule has 0 saturated heterocycles. The number of amides is 1. The first kappa shape index (κ1) is 16.0. The van der Waals surface area contributed by atoms with E-state index in [0.29, 0.717) is 6.54 Å². The summed E-state index contributed by atoms with van der Waals surface area (Å²) in [6.45, 7) is 1.46. The van der Waals surface area contributed by atoms with E-state index in [1.807, 2.05) is 36.4 Å². The number of carbonyl (C=O) groups excluding carboxylic acids is 1. The van der Waals surface area contributed by atoms with E-state index in [1.165, 1.54) is 5.56 Å². The van der Waals surface area contributed by atoms with Gasteiger partial charge in [0.05, 0.1) is 11.0 Å². The molecule has 122 valence electrons. The Hall–Kier alpha value is -2.88. The standard InChI is InChI=1S/C20H21N3O/c24-16-21-14-6-13-20-22-18-11-4-5-12-19(18)23(20)15-7-10-17-8-2-1-3-9-17/h1-5,7-12,16H,6,13-15H2,(H,21,24)/b10-7+. The molecule has 4 nitrogen and oxygen atoms in total. The van der Waals surface area contributed by atoms with Crippen molar-refractivity contribution in [1.82, 2.24) is 14.9 Å². The van der Waals surface area contributed by atoms with Crippen LogP contribution in [0.1, 0.15) is 17.8 Å². The summed E-state index contributed by atoms with van der Waals surface area (Å²) in [5, 5.41) is 2.70. The number of benzene rings is 2. The number of para-hydroxylation sites is 2. The Kier molecular flexibility index (Phi) is 5.40. The number of nitrogens with one attached hydrogen (secondary N) is 1. The van der Waals surface area contributed by atoms with Gasteiger partial charge < -0.3 is 9.88 Å². The maximum absolute atomic E-state index is 10.4. The highest BCUT2D eigenvalue weighted by atomic mass is 16.1. The molecule has 3 rings (SSSR count). The lowest BCUT2D eigenvalue weighted by molar-refractivity contribution is -0.109. The molecule has 0 aliphatic heterocycles. The van der Waals surface area contributed by atoms with Gasteiger partial charge in [0.25, 0.3) is 0 Å². The molecule has 0 unspecified atom stereocenters. The van der Waals surface area contributed by atoms with E-state index in [0.717, 1.165) is 42.7 Å². The molecule has 1 aromatic heterocycles. The molecule has 3 aromatic rings. The van der Waals surface area contributed by atoms with Crippen molar-refractivity contribution in [3.8, 4) is 0 Å². The Balaban J connectivity index is 1.78. The minimum absolute atomic E-state index is 0.673. The van der Waals surface area contributed by atoms with Crippen molar-refractivity contribution in [3.63, 3.8) is 0 Å². The van der Waals surface area contributed by atoms with Crippen LogP contribution < -0.4 is 5.32 Å². The van der Waals surface area contributed by atoms with Crippen molar-refractivity contribution in [2.45, 2.75) is 19.4 Å². The van der Waals surface area contributed by atoms with Crippen LogP contribution in [0.3, 0.4) is 0 Å². The monoisotopic (exact) mass is 319 g/mol. The predicted molar refractivity (Wildman–Crippen MR) is 97.6 cm³/mol. The molecular formula is C20H21N3O. The van der Waals surface area contributed by atoms with Gasteiger partial charge in [0.1, 0.15) is 5.82 Å². The highest BCUT2D eigenvalue weighted by Crippen LogP contribution is 2.17. The number of hydrogen-bond donors (Lipinski definition) is 1. The molecule has 4 heteroatoms. The van der Waals surface area contributed by atoms with Crippen LogP contribution in [0, 0.1) is 0 Å². The van der Waals surface area contributed by atoms with Crippen molar-refractivity contribution in [2.24, 2.45) is 0 Å². The molecule has 0 bridgehead atoms. The van der Waals surface area contributed by atoms with Crippen LogP contribution in [0.25, 0.3) is 17.1 Å². The zero-order valence-corrected chi connectivity index (χ0v) is 13.6. The summed E-state index contributed by atoms with van der Waals surface area (Å²) in [5.41, 5.74) is 3.36. The molecule has 1 amide bonds. The first-order chi connectivity index (χ1) is 11.9. The molecule has 0 aliphatic rings. The second kappa shape index (κ2) is 8.11. The van der Waals surface area contributed by atoms with Gasteiger partial charge in [0.15, 0.2) is 0 Å². The maximum Gasteiger partial charge on any atom is 0.207 e. The van der Waals surface area contributed by atoms with E-state index in [-0.39, 0.29) is 0 Å². The number of allylic oxidation sites excluding steroid dienone is 1. The van der Waals surface area contributed by atoms with Gasteiger partial charge in [-0.25, -0.2) is 4.98 Å². The third-order valence-corrected chi connectivity index (χ3v) is 3.94. The average molecular weight is 319 g/mol. The number of imidazole rings is 1. The van der Waals surface area contributed by atoms with Crippen LogP contribution in [0.4, 0.5) is 0 Å². The van der Waals surface area contributed by atoms with E-state index in [9.17, 15) is 4.79 Å². The lowest BCUT2D eigenvalue weighted by Crippen LogP contribution is -2.14. The highest BCUT2D eigenvalue weighted by Gasteiger charge is 2.08. The van der Waals surface area contributed by atoms with Crippen LogP contribution in [-0.2, 0) is 17.8 Å². The Morgan fingerprint density at radius 1 is 1.04 bits per heavy atom. The van der Waals surface area contributed by atoms with E-state index >= 15 is 0 Å². The maximum atomic E-state index is 10.4. The van der Waals surface area contributed by atoms with Gasteiger partial charge in [-0.3, -0.25) is 4.79 Å². The molecule has 1 N–H and O–H groups in total. The zero-order chi connectivity index (χ0) is 16.6. The van der Waals surface area contributed by atoms with Crippen molar-refractivity contribution < 1.29 is 4.79 Å². The molecule has 1 heterocycles. The number of fused-ring (bicyclic) bond motifs is 1. The minimum atomic E-state index is 0.673. The molecule has 0 spiro atoms. The number of hydrogen-bond acceptors (Lipinski definition) is 2. The number of nitrogens with zero attached hydrogens (tertiary/aromatic N) is 2. The number of aryl methyl sites for hydroxylation is 1. The molecule has 0 aliphatic carbocycles. The number of carbonyl (C=O) groups is 1. The first-order valence-corrected chi connectivity index (χ1v) is 8.21. The third kappa shape index (κ3) is 3.90. The van der Waals surface area contributed by atoms with Gasteiger partial charge in [-0.2, -0.15) is 0 Å². The SMILES string of the molecule is O=CNCCCc1nc2ccccc2n1C/C=C/c1ccccc1. The van der Waals surface area contributed by atoms with Crippen LogP contribution >= 0.6 is 0 Å². The van der Waals surface area contributed by atoms with Crippen molar-refractivity contribution in [2.75, 3.05) is 6.54 Å². The van der Waals surface area contributed by atoms with Gasteiger partial charge in [0.2, 0.25) is 6.41 Å². The van der Waals surface area contributed by atoms with Gasteiger partial charge in [-0.15, -0.1) is 0 Å². The van der Waals surface area contributed by atoms with Crippen molar-refractivity contribution in [1.29, 1.82) is 0 Å². The summed E-state index contributed by atoms with van der Waals surface area (Å²) in [5.74, 6) is 1.06. The minimum Gasteiger partial charge on any atom is -0.359 e. The Morgan fingerprint density at radius 3 is 2.67 bits per heavy atom. The summed E-state index contributed by atoms with van der Waals surface area (Å²) in [6, 6.07) is 18.5. The van der Waals surface area contributed by atoms with E-state index in [1.54, 1.807) is 0 Å². The summed E-state index contributed by atoms with van der Waals surface area (Å²) < 4.78 is 2.25. The largest absolute Gasteiger partial charge is 0.359 e. The quantitative estimate of drug-likeness (QED) is 0.511.